The number of imidazole rings is 1. The molecule has 1 aromatic heterocycles. The minimum atomic E-state index is -0.472. The molecule has 2 aromatic rings. The van der Waals surface area contributed by atoms with Crippen molar-refractivity contribution in [2.24, 2.45) is 0 Å². The fraction of sp³-hybridized carbons (Fsp3) is 0.500. The summed E-state index contributed by atoms with van der Waals surface area (Å²) in [4.78, 5) is 16.4. The molecular formula is C16H23N3O2. The number of hydrogen-bond acceptors (Lipinski definition) is 3. The van der Waals surface area contributed by atoms with Gasteiger partial charge in [0, 0.05) is 6.42 Å². The molecule has 114 valence electrons. The van der Waals surface area contributed by atoms with Crippen molar-refractivity contribution in [3.8, 4) is 0 Å². The number of fused-ring (bicyclic) bond motifs is 1. The van der Waals surface area contributed by atoms with Crippen LogP contribution in [0.25, 0.3) is 11.0 Å². The van der Waals surface area contributed by atoms with Crippen LogP contribution in [0, 0.1) is 0 Å². The number of carbonyl (C=O) groups excluding carboxylic acids is 1. The van der Waals surface area contributed by atoms with Crippen LogP contribution in [0.4, 0.5) is 0 Å². The lowest BCUT2D eigenvalue weighted by atomic mass is 10.2. The SMILES string of the molecule is CCCC(=O)N[C@@H](C)c1nc2ccccc2n1C[C@@H](C)O. The van der Waals surface area contributed by atoms with Gasteiger partial charge in [0.05, 0.1) is 29.7 Å². The molecule has 0 saturated heterocycles. The Morgan fingerprint density at radius 2 is 2.10 bits per heavy atom. The van der Waals surface area contributed by atoms with Crippen molar-refractivity contribution in [1.29, 1.82) is 0 Å². The van der Waals surface area contributed by atoms with Crippen LogP contribution in [0.5, 0.6) is 0 Å². The van der Waals surface area contributed by atoms with Crippen molar-refractivity contribution in [2.45, 2.75) is 52.3 Å². The molecule has 1 amide bonds. The summed E-state index contributed by atoms with van der Waals surface area (Å²) >= 11 is 0. The summed E-state index contributed by atoms with van der Waals surface area (Å²) < 4.78 is 1.98. The Labute approximate surface area is 125 Å². The molecule has 1 heterocycles. The van der Waals surface area contributed by atoms with E-state index in [0.29, 0.717) is 13.0 Å². The standard InChI is InChI=1S/C16H23N3O2/c1-4-7-15(21)17-12(3)16-18-13-8-5-6-9-14(13)19(16)10-11(2)20/h5-6,8-9,11-12,20H,4,7,10H2,1-3H3,(H,17,21)/t11-,12+/m1/s1. The Hall–Kier alpha value is -1.88. The Morgan fingerprint density at radius 1 is 1.38 bits per heavy atom. The number of rotatable bonds is 6. The predicted molar refractivity (Wildman–Crippen MR) is 82.9 cm³/mol. The van der Waals surface area contributed by atoms with E-state index in [1.54, 1.807) is 6.92 Å². The van der Waals surface area contributed by atoms with Gasteiger partial charge in [-0.25, -0.2) is 4.98 Å². The molecule has 1 aromatic carbocycles. The Morgan fingerprint density at radius 3 is 2.76 bits per heavy atom. The Bertz CT molecular complexity index is 619. The average Bonchev–Trinajstić information content (AvgIpc) is 2.77. The number of aliphatic hydroxyl groups excluding tert-OH is 1. The first-order chi connectivity index (χ1) is 10.0. The zero-order valence-electron chi connectivity index (χ0n) is 12.8. The van der Waals surface area contributed by atoms with E-state index < -0.39 is 6.10 Å². The zero-order valence-corrected chi connectivity index (χ0v) is 12.8. The molecule has 0 aliphatic heterocycles. The third-order valence-electron chi connectivity index (χ3n) is 3.37. The van der Waals surface area contributed by atoms with Gasteiger partial charge in [-0.1, -0.05) is 19.1 Å². The summed E-state index contributed by atoms with van der Waals surface area (Å²) in [5.74, 6) is 0.808. The van der Waals surface area contributed by atoms with Crippen LogP contribution < -0.4 is 5.32 Å². The van der Waals surface area contributed by atoms with Crippen LogP contribution in [-0.4, -0.2) is 26.7 Å². The van der Waals surface area contributed by atoms with Gasteiger partial charge >= 0.3 is 0 Å². The molecule has 0 saturated carbocycles. The molecule has 2 atom stereocenters. The number of benzene rings is 1. The third-order valence-corrected chi connectivity index (χ3v) is 3.37. The summed E-state index contributed by atoms with van der Waals surface area (Å²) in [5, 5.41) is 12.7. The molecular weight excluding hydrogens is 266 g/mol. The molecule has 5 nitrogen and oxygen atoms in total. The number of aliphatic hydroxyl groups is 1. The molecule has 0 aliphatic carbocycles. The van der Waals surface area contributed by atoms with Crippen LogP contribution in [-0.2, 0) is 11.3 Å². The Kier molecular flexibility index (Phi) is 4.96. The molecule has 0 spiro atoms. The second kappa shape index (κ2) is 6.72. The summed E-state index contributed by atoms with van der Waals surface area (Å²) in [6.07, 6.45) is 0.865. The summed E-state index contributed by atoms with van der Waals surface area (Å²) in [7, 11) is 0. The van der Waals surface area contributed by atoms with E-state index in [1.165, 1.54) is 0 Å². The van der Waals surface area contributed by atoms with Gasteiger partial charge < -0.3 is 15.0 Å². The third kappa shape index (κ3) is 3.61. The maximum atomic E-state index is 11.8. The fourth-order valence-electron chi connectivity index (χ4n) is 2.49. The van der Waals surface area contributed by atoms with E-state index in [4.69, 9.17) is 0 Å². The molecule has 0 aliphatic rings. The highest BCUT2D eigenvalue weighted by Crippen LogP contribution is 2.21. The minimum Gasteiger partial charge on any atom is -0.392 e. The lowest BCUT2D eigenvalue weighted by Gasteiger charge is -2.17. The number of nitrogens with one attached hydrogen (secondary N) is 1. The van der Waals surface area contributed by atoms with E-state index in [-0.39, 0.29) is 11.9 Å². The first-order valence-electron chi connectivity index (χ1n) is 7.45. The Balaban J connectivity index is 2.35. The molecule has 0 bridgehead atoms. The minimum absolute atomic E-state index is 0.0284. The number of amides is 1. The number of para-hydroxylation sites is 2. The predicted octanol–water partition coefficient (Wildman–Crippen LogP) is 2.39. The van der Waals surface area contributed by atoms with Crippen LogP contribution in [0.2, 0.25) is 0 Å². The zero-order chi connectivity index (χ0) is 15.4. The van der Waals surface area contributed by atoms with Gasteiger partial charge in [0.25, 0.3) is 0 Å². The topological polar surface area (TPSA) is 67.2 Å². The summed E-state index contributed by atoms with van der Waals surface area (Å²) in [5.41, 5.74) is 1.86. The highest BCUT2D eigenvalue weighted by Gasteiger charge is 2.18. The van der Waals surface area contributed by atoms with E-state index in [1.807, 2.05) is 42.7 Å². The van der Waals surface area contributed by atoms with Gasteiger partial charge in [-0.2, -0.15) is 0 Å². The summed E-state index contributed by atoms with van der Waals surface area (Å²) in [6.45, 7) is 6.11. The van der Waals surface area contributed by atoms with Crippen molar-refractivity contribution < 1.29 is 9.90 Å². The fourth-order valence-corrected chi connectivity index (χ4v) is 2.49. The number of carbonyl (C=O) groups is 1. The van der Waals surface area contributed by atoms with Crippen molar-refractivity contribution >= 4 is 16.9 Å². The van der Waals surface area contributed by atoms with E-state index in [0.717, 1.165) is 23.3 Å². The van der Waals surface area contributed by atoms with Gasteiger partial charge in [0.15, 0.2) is 0 Å². The van der Waals surface area contributed by atoms with Crippen molar-refractivity contribution in [3.63, 3.8) is 0 Å². The first-order valence-corrected chi connectivity index (χ1v) is 7.45. The lowest BCUT2D eigenvalue weighted by Crippen LogP contribution is -2.29. The van der Waals surface area contributed by atoms with Gasteiger partial charge in [-0.05, 0) is 32.4 Å². The van der Waals surface area contributed by atoms with Crippen molar-refractivity contribution in [1.82, 2.24) is 14.9 Å². The molecule has 0 radical (unpaired) electrons. The van der Waals surface area contributed by atoms with Crippen molar-refractivity contribution in [3.05, 3.63) is 30.1 Å². The van der Waals surface area contributed by atoms with Gasteiger partial charge in [0.1, 0.15) is 5.82 Å². The quantitative estimate of drug-likeness (QED) is 0.858. The van der Waals surface area contributed by atoms with E-state index in [2.05, 4.69) is 10.3 Å². The van der Waals surface area contributed by atoms with Gasteiger partial charge in [-0.3, -0.25) is 4.79 Å². The van der Waals surface area contributed by atoms with E-state index in [9.17, 15) is 9.90 Å². The highest BCUT2D eigenvalue weighted by atomic mass is 16.3. The van der Waals surface area contributed by atoms with Gasteiger partial charge in [-0.15, -0.1) is 0 Å². The van der Waals surface area contributed by atoms with Crippen LogP contribution in [0.3, 0.4) is 0 Å². The molecule has 21 heavy (non-hydrogen) atoms. The monoisotopic (exact) mass is 289 g/mol. The number of hydrogen-bond donors (Lipinski definition) is 2. The number of nitrogens with zero attached hydrogens (tertiary/aromatic N) is 2. The van der Waals surface area contributed by atoms with Crippen LogP contribution in [0.15, 0.2) is 24.3 Å². The summed E-state index contributed by atoms with van der Waals surface area (Å²) in [6, 6.07) is 7.63. The largest absolute Gasteiger partial charge is 0.392 e. The second-order valence-electron chi connectivity index (χ2n) is 5.46. The van der Waals surface area contributed by atoms with Crippen LogP contribution >= 0.6 is 0 Å². The highest BCUT2D eigenvalue weighted by molar-refractivity contribution is 5.78. The smallest absolute Gasteiger partial charge is 0.220 e. The normalized spacial score (nSPS) is 14.1. The van der Waals surface area contributed by atoms with Crippen molar-refractivity contribution in [2.75, 3.05) is 0 Å². The molecule has 2 N–H and O–H groups in total. The maximum absolute atomic E-state index is 11.8. The van der Waals surface area contributed by atoms with Gasteiger partial charge in [0.2, 0.25) is 5.91 Å². The second-order valence-corrected chi connectivity index (χ2v) is 5.46. The molecule has 2 rings (SSSR count). The lowest BCUT2D eigenvalue weighted by molar-refractivity contribution is -0.121. The van der Waals surface area contributed by atoms with Crippen LogP contribution in [0.1, 0.15) is 45.5 Å². The number of aromatic nitrogens is 2. The van der Waals surface area contributed by atoms with E-state index >= 15 is 0 Å². The molecule has 5 heteroatoms. The molecule has 0 fully saturated rings. The first kappa shape index (κ1) is 15.5. The maximum Gasteiger partial charge on any atom is 0.220 e. The molecule has 0 unspecified atom stereocenters. The average molecular weight is 289 g/mol.